The molecule has 2 aliphatic rings. The summed E-state index contributed by atoms with van der Waals surface area (Å²) in [6, 6.07) is 13.0. The second-order valence-electron chi connectivity index (χ2n) is 6.87. The van der Waals surface area contributed by atoms with Gasteiger partial charge >= 0.3 is 0 Å². The Kier molecular flexibility index (Phi) is 4.77. The molecule has 142 valence electrons. The summed E-state index contributed by atoms with van der Waals surface area (Å²) >= 11 is 1.24. The molecular formula is C21H20N4O2S. The van der Waals surface area contributed by atoms with E-state index in [2.05, 4.69) is 15.3 Å². The van der Waals surface area contributed by atoms with Crippen LogP contribution in [0.4, 0.5) is 11.4 Å². The Morgan fingerprint density at radius 1 is 1.21 bits per heavy atom. The lowest BCUT2D eigenvalue weighted by atomic mass is 10.1. The second kappa shape index (κ2) is 7.24. The zero-order valence-electron chi connectivity index (χ0n) is 15.9. The van der Waals surface area contributed by atoms with E-state index in [1.54, 1.807) is 6.92 Å². The monoisotopic (exact) mass is 392 g/mol. The van der Waals surface area contributed by atoms with Gasteiger partial charge in [-0.3, -0.25) is 14.6 Å². The molecular weight excluding hydrogens is 372 g/mol. The summed E-state index contributed by atoms with van der Waals surface area (Å²) in [6.45, 7) is 5.75. The van der Waals surface area contributed by atoms with Crippen molar-refractivity contribution in [2.75, 3.05) is 11.1 Å². The number of carbonyl (C=O) groups excluding carboxylic acids is 2. The Balaban J connectivity index is 1.53. The molecule has 2 amide bonds. The highest BCUT2D eigenvalue weighted by atomic mass is 32.2. The van der Waals surface area contributed by atoms with E-state index in [4.69, 9.17) is 0 Å². The molecule has 0 fully saturated rings. The molecule has 0 spiro atoms. The SMILES string of the molecule is Cc1ccc(NC(=O)CSC2=Nc3ccccc3C3=N[C@@H](C)C(=O)N23)c(C)c1. The Bertz CT molecular complexity index is 1040. The minimum atomic E-state index is -0.448. The maximum Gasteiger partial charge on any atom is 0.258 e. The van der Waals surface area contributed by atoms with E-state index in [-0.39, 0.29) is 17.6 Å². The summed E-state index contributed by atoms with van der Waals surface area (Å²) in [4.78, 5) is 35.7. The Morgan fingerprint density at radius 3 is 2.79 bits per heavy atom. The van der Waals surface area contributed by atoms with E-state index < -0.39 is 6.04 Å². The van der Waals surface area contributed by atoms with Crippen molar-refractivity contribution >= 4 is 46.0 Å². The number of hydrogen-bond acceptors (Lipinski definition) is 5. The molecule has 0 saturated carbocycles. The number of benzene rings is 2. The largest absolute Gasteiger partial charge is 0.325 e. The molecule has 2 aromatic rings. The molecule has 0 aromatic heterocycles. The molecule has 7 heteroatoms. The third-order valence-corrected chi connectivity index (χ3v) is 5.58. The lowest BCUT2D eigenvalue weighted by molar-refractivity contribution is -0.124. The van der Waals surface area contributed by atoms with Crippen LogP contribution >= 0.6 is 11.8 Å². The van der Waals surface area contributed by atoms with Gasteiger partial charge in [-0.15, -0.1) is 0 Å². The number of rotatable bonds is 3. The smallest absolute Gasteiger partial charge is 0.258 e. The molecule has 6 nitrogen and oxygen atoms in total. The number of nitrogens with one attached hydrogen (secondary N) is 1. The number of aryl methyl sites for hydroxylation is 2. The summed E-state index contributed by atoms with van der Waals surface area (Å²) < 4.78 is 0. The number of thioether (sulfide) groups is 1. The van der Waals surface area contributed by atoms with Crippen molar-refractivity contribution in [2.45, 2.75) is 26.8 Å². The molecule has 4 rings (SSSR count). The van der Waals surface area contributed by atoms with Crippen molar-refractivity contribution in [3.8, 4) is 0 Å². The van der Waals surface area contributed by atoms with Crippen molar-refractivity contribution in [1.29, 1.82) is 0 Å². The molecule has 0 radical (unpaired) electrons. The van der Waals surface area contributed by atoms with Crippen LogP contribution in [0.1, 0.15) is 23.6 Å². The van der Waals surface area contributed by atoms with Gasteiger partial charge in [-0.05, 0) is 44.5 Å². The molecule has 0 aliphatic carbocycles. The van der Waals surface area contributed by atoms with Gasteiger partial charge in [0.15, 0.2) is 5.17 Å². The zero-order chi connectivity index (χ0) is 19.8. The number of para-hydroxylation sites is 1. The third-order valence-electron chi connectivity index (χ3n) is 4.65. The van der Waals surface area contributed by atoms with Crippen LogP contribution in [0.5, 0.6) is 0 Å². The van der Waals surface area contributed by atoms with Gasteiger partial charge in [-0.1, -0.05) is 41.6 Å². The lowest BCUT2D eigenvalue weighted by Gasteiger charge is -2.25. The summed E-state index contributed by atoms with van der Waals surface area (Å²) in [5.74, 6) is 0.502. The predicted octanol–water partition coefficient (Wildman–Crippen LogP) is 3.65. The molecule has 2 aliphatic heterocycles. The van der Waals surface area contributed by atoms with Crippen molar-refractivity contribution in [3.63, 3.8) is 0 Å². The number of anilines is 1. The molecule has 0 bridgehead atoms. The van der Waals surface area contributed by atoms with E-state index in [0.717, 1.165) is 28.1 Å². The van der Waals surface area contributed by atoms with Crippen LogP contribution in [-0.2, 0) is 9.59 Å². The van der Waals surface area contributed by atoms with Gasteiger partial charge in [0.2, 0.25) is 5.91 Å². The first-order valence-corrected chi connectivity index (χ1v) is 10.0. The van der Waals surface area contributed by atoms with Crippen LogP contribution < -0.4 is 5.32 Å². The summed E-state index contributed by atoms with van der Waals surface area (Å²) in [5, 5.41) is 3.42. The van der Waals surface area contributed by atoms with Crippen molar-refractivity contribution < 1.29 is 9.59 Å². The van der Waals surface area contributed by atoms with Crippen molar-refractivity contribution in [3.05, 3.63) is 59.2 Å². The van der Waals surface area contributed by atoms with Crippen LogP contribution in [0.2, 0.25) is 0 Å². The fraction of sp³-hybridized carbons (Fsp3) is 0.238. The average molecular weight is 392 g/mol. The van der Waals surface area contributed by atoms with Gasteiger partial charge in [0.05, 0.1) is 11.4 Å². The highest BCUT2D eigenvalue weighted by molar-refractivity contribution is 8.14. The van der Waals surface area contributed by atoms with Gasteiger partial charge in [0, 0.05) is 11.3 Å². The van der Waals surface area contributed by atoms with E-state index in [9.17, 15) is 9.59 Å². The maximum atomic E-state index is 12.6. The molecule has 1 atom stereocenters. The number of nitrogens with zero attached hydrogens (tertiary/aromatic N) is 3. The topological polar surface area (TPSA) is 74.1 Å². The first-order valence-electron chi connectivity index (χ1n) is 9.04. The molecule has 1 N–H and O–H groups in total. The Labute approximate surface area is 167 Å². The summed E-state index contributed by atoms with van der Waals surface area (Å²) in [5.41, 5.74) is 4.55. The van der Waals surface area contributed by atoms with Crippen molar-refractivity contribution in [1.82, 2.24) is 4.90 Å². The highest BCUT2D eigenvalue weighted by Crippen LogP contribution is 2.33. The van der Waals surface area contributed by atoms with Crippen LogP contribution in [0, 0.1) is 13.8 Å². The average Bonchev–Trinajstić information content (AvgIpc) is 2.97. The van der Waals surface area contributed by atoms with Gasteiger partial charge in [-0.25, -0.2) is 9.89 Å². The maximum absolute atomic E-state index is 12.6. The number of amides is 2. The van der Waals surface area contributed by atoms with E-state index in [1.807, 2.05) is 56.3 Å². The molecule has 0 saturated heterocycles. The van der Waals surface area contributed by atoms with Crippen LogP contribution in [0.3, 0.4) is 0 Å². The minimum absolute atomic E-state index is 0.120. The highest BCUT2D eigenvalue weighted by Gasteiger charge is 2.39. The predicted molar refractivity (Wildman–Crippen MR) is 113 cm³/mol. The first-order chi connectivity index (χ1) is 13.4. The zero-order valence-corrected chi connectivity index (χ0v) is 16.7. The Hall–Kier alpha value is -2.93. The molecule has 2 heterocycles. The van der Waals surface area contributed by atoms with Crippen molar-refractivity contribution in [2.24, 2.45) is 9.98 Å². The van der Waals surface area contributed by atoms with E-state index in [1.165, 1.54) is 16.7 Å². The van der Waals surface area contributed by atoms with Gasteiger partial charge < -0.3 is 5.32 Å². The molecule has 28 heavy (non-hydrogen) atoms. The van der Waals surface area contributed by atoms with Crippen LogP contribution in [0.25, 0.3) is 0 Å². The van der Waals surface area contributed by atoms with Crippen LogP contribution in [0.15, 0.2) is 52.4 Å². The van der Waals surface area contributed by atoms with Gasteiger partial charge in [0.1, 0.15) is 11.9 Å². The number of fused-ring (bicyclic) bond motifs is 3. The number of carbonyl (C=O) groups is 2. The quantitative estimate of drug-likeness (QED) is 0.866. The molecule has 2 aromatic carbocycles. The van der Waals surface area contributed by atoms with Gasteiger partial charge in [0.25, 0.3) is 5.91 Å². The van der Waals surface area contributed by atoms with Crippen LogP contribution in [-0.4, -0.2) is 39.5 Å². The van der Waals surface area contributed by atoms with E-state index >= 15 is 0 Å². The fourth-order valence-electron chi connectivity index (χ4n) is 3.24. The third kappa shape index (κ3) is 3.33. The van der Waals surface area contributed by atoms with E-state index in [0.29, 0.717) is 11.0 Å². The number of aliphatic imine (C=N–C) groups is 2. The summed E-state index contributed by atoms with van der Waals surface area (Å²) in [7, 11) is 0. The Morgan fingerprint density at radius 2 is 2.00 bits per heavy atom. The minimum Gasteiger partial charge on any atom is -0.325 e. The lowest BCUT2D eigenvalue weighted by Crippen LogP contribution is -2.41. The summed E-state index contributed by atoms with van der Waals surface area (Å²) in [6.07, 6.45) is 0. The standard InChI is InChI=1S/C21H20N4O2S/c1-12-8-9-16(13(2)10-12)23-18(26)11-28-21-24-17-7-5-4-6-15(17)19-22-14(3)20(27)25(19)21/h4-10,14H,11H2,1-3H3,(H,23,26)/t14-/m0/s1. The normalized spacial score (nSPS) is 17.6. The fourth-order valence-corrected chi connectivity index (χ4v) is 4.04. The molecule has 0 unspecified atom stereocenters. The number of amidine groups is 2. The first kappa shape index (κ1) is 18.4. The van der Waals surface area contributed by atoms with Gasteiger partial charge in [-0.2, -0.15) is 0 Å². The second-order valence-corrected chi connectivity index (χ2v) is 7.81. The number of hydrogen-bond donors (Lipinski definition) is 1.